The molecule has 2 amide bonds. The van der Waals surface area contributed by atoms with E-state index in [1.165, 1.54) is 35.4 Å². The van der Waals surface area contributed by atoms with Crippen LogP contribution in [0.2, 0.25) is 0 Å². The van der Waals surface area contributed by atoms with Crippen molar-refractivity contribution in [2.45, 2.75) is 39.8 Å². The molecule has 0 aromatic carbocycles. The number of nitrogens with zero attached hydrogens (tertiary/aromatic N) is 1. The fourth-order valence-corrected chi connectivity index (χ4v) is 3.99. The van der Waals surface area contributed by atoms with Gasteiger partial charge >= 0.3 is 11.9 Å². The van der Waals surface area contributed by atoms with Crippen molar-refractivity contribution in [2.75, 3.05) is 24.7 Å². The Hall–Kier alpha value is -1.26. The normalized spacial score (nSPS) is 12.9. The van der Waals surface area contributed by atoms with E-state index in [0.717, 1.165) is 4.90 Å². The van der Waals surface area contributed by atoms with Gasteiger partial charge in [-0.3, -0.25) is 19.3 Å². The summed E-state index contributed by atoms with van der Waals surface area (Å²) in [5.41, 5.74) is 5.66. The minimum absolute atomic E-state index is 0.137. The van der Waals surface area contributed by atoms with E-state index in [4.69, 9.17) is 15.2 Å². The van der Waals surface area contributed by atoms with Gasteiger partial charge in [0.25, 0.3) is 0 Å². The lowest BCUT2D eigenvalue weighted by Gasteiger charge is -2.26. The maximum Gasteiger partial charge on any atom is 0.330 e. The second kappa shape index (κ2) is 12.2. The number of ether oxygens (including phenoxy) is 2. The Bertz CT molecular complexity index is 447. The first-order valence-corrected chi connectivity index (χ1v) is 9.88. The minimum atomic E-state index is -1.02. The molecule has 2 atom stereocenters. The molecule has 0 aliphatic carbocycles. The van der Waals surface area contributed by atoms with Gasteiger partial charge in [0.05, 0.1) is 13.2 Å². The van der Waals surface area contributed by atoms with E-state index in [9.17, 15) is 19.2 Å². The topological polar surface area (TPSA) is 116 Å². The number of carbonyl (C=O) groups is 4. The van der Waals surface area contributed by atoms with Crippen LogP contribution in [-0.4, -0.2) is 65.5 Å². The van der Waals surface area contributed by atoms with Gasteiger partial charge in [-0.25, -0.2) is 4.79 Å². The van der Waals surface area contributed by atoms with Crippen molar-refractivity contribution >= 4 is 45.3 Å². The smallest absolute Gasteiger partial charge is 0.330 e. The predicted molar refractivity (Wildman–Crippen MR) is 93.1 cm³/mol. The summed E-state index contributed by atoms with van der Waals surface area (Å²) in [7, 11) is 2.48. The van der Waals surface area contributed by atoms with Crippen LogP contribution in [0.15, 0.2) is 0 Å². The number of hydrogen-bond acceptors (Lipinski definition) is 9. The lowest BCUT2D eigenvalue weighted by Crippen LogP contribution is -2.49. The number of carbonyl (C=O) groups excluding carboxylic acids is 4. The zero-order valence-electron chi connectivity index (χ0n) is 14.3. The molecule has 138 valence electrons. The SMILES string of the molecule is CCOC(=O)C(N)CSSCC(C(=O)OCC)N(C(C)=O)C(C)=O. The third kappa shape index (κ3) is 8.02. The number of rotatable bonds is 10. The lowest BCUT2D eigenvalue weighted by atomic mass is 10.2. The molecule has 24 heavy (non-hydrogen) atoms. The van der Waals surface area contributed by atoms with Crippen LogP contribution in [0.5, 0.6) is 0 Å². The molecule has 2 N–H and O–H groups in total. The first-order chi connectivity index (χ1) is 11.3. The van der Waals surface area contributed by atoms with Gasteiger partial charge in [-0.05, 0) is 13.8 Å². The zero-order chi connectivity index (χ0) is 18.7. The van der Waals surface area contributed by atoms with Crippen LogP contribution in [0.1, 0.15) is 27.7 Å². The van der Waals surface area contributed by atoms with Crippen molar-refractivity contribution < 1.29 is 28.7 Å². The van der Waals surface area contributed by atoms with Crippen molar-refractivity contribution in [1.29, 1.82) is 0 Å². The van der Waals surface area contributed by atoms with Crippen LogP contribution in [0.25, 0.3) is 0 Å². The highest BCUT2D eigenvalue weighted by Crippen LogP contribution is 2.25. The van der Waals surface area contributed by atoms with Crippen LogP contribution in [-0.2, 0) is 28.7 Å². The largest absolute Gasteiger partial charge is 0.465 e. The molecule has 0 rings (SSSR count). The van der Waals surface area contributed by atoms with Crippen LogP contribution in [0, 0.1) is 0 Å². The maximum absolute atomic E-state index is 12.0. The van der Waals surface area contributed by atoms with Gasteiger partial charge in [-0.1, -0.05) is 21.6 Å². The number of nitrogens with two attached hydrogens (primary N) is 1. The van der Waals surface area contributed by atoms with Crippen molar-refractivity contribution in [3.8, 4) is 0 Å². The Balaban J connectivity index is 4.68. The summed E-state index contributed by atoms with van der Waals surface area (Å²) >= 11 is 0. The summed E-state index contributed by atoms with van der Waals surface area (Å²) in [5, 5.41) is 0. The summed E-state index contributed by atoms with van der Waals surface area (Å²) in [6.45, 7) is 6.14. The van der Waals surface area contributed by atoms with Gasteiger partial charge < -0.3 is 15.2 Å². The third-order valence-electron chi connectivity index (χ3n) is 2.70. The molecule has 10 heteroatoms. The third-order valence-corrected chi connectivity index (χ3v) is 5.13. The van der Waals surface area contributed by atoms with Gasteiger partial charge in [0, 0.05) is 25.4 Å². The van der Waals surface area contributed by atoms with Gasteiger partial charge in [-0.15, -0.1) is 0 Å². The molecule has 2 unspecified atom stereocenters. The average molecular weight is 380 g/mol. The highest BCUT2D eigenvalue weighted by molar-refractivity contribution is 8.76. The molecule has 0 fully saturated rings. The molecule has 0 aromatic heterocycles. The fourth-order valence-electron chi connectivity index (χ4n) is 1.70. The summed E-state index contributed by atoms with van der Waals surface area (Å²) in [5.74, 6) is -1.80. The molecule has 8 nitrogen and oxygen atoms in total. The molecule has 0 spiro atoms. The van der Waals surface area contributed by atoms with E-state index in [1.807, 2.05) is 0 Å². The standard InChI is InChI=1S/C14H24N2O6S2/c1-5-21-13(19)11(15)7-23-24-8-12(14(20)22-6-2)16(9(3)17)10(4)18/h11-12H,5-8,15H2,1-4H3. The molecule has 0 bridgehead atoms. The van der Waals surface area contributed by atoms with E-state index in [0.29, 0.717) is 0 Å². The Morgan fingerprint density at radius 3 is 1.83 bits per heavy atom. The number of amides is 2. The molecule has 0 heterocycles. The van der Waals surface area contributed by atoms with Crippen LogP contribution in [0.4, 0.5) is 0 Å². The van der Waals surface area contributed by atoms with E-state index in [-0.39, 0.29) is 24.7 Å². The molecule has 0 aliphatic heterocycles. The van der Waals surface area contributed by atoms with Crippen LogP contribution >= 0.6 is 21.6 Å². The van der Waals surface area contributed by atoms with Crippen LogP contribution in [0.3, 0.4) is 0 Å². The van der Waals surface area contributed by atoms with E-state index >= 15 is 0 Å². The summed E-state index contributed by atoms with van der Waals surface area (Å²) in [4.78, 5) is 47.6. The molecule has 0 saturated heterocycles. The second-order valence-electron chi connectivity index (χ2n) is 4.60. The number of esters is 2. The van der Waals surface area contributed by atoms with Gasteiger partial charge in [0.15, 0.2) is 0 Å². The summed E-state index contributed by atoms with van der Waals surface area (Å²) in [6, 6.07) is -1.79. The van der Waals surface area contributed by atoms with E-state index in [2.05, 4.69) is 0 Å². The quantitative estimate of drug-likeness (QED) is 0.330. The Labute approximate surface area is 149 Å². The highest BCUT2D eigenvalue weighted by Gasteiger charge is 2.32. The zero-order valence-corrected chi connectivity index (χ0v) is 15.9. The molecule has 0 aliphatic rings. The molecule has 0 radical (unpaired) electrons. The molecule has 0 saturated carbocycles. The summed E-state index contributed by atoms with van der Waals surface area (Å²) in [6.07, 6.45) is 0. The number of hydrogen-bond donors (Lipinski definition) is 1. The van der Waals surface area contributed by atoms with Gasteiger partial charge in [0.2, 0.25) is 11.8 Å². The fraction of sp³-hybridized carbons (Fsp3) is 0.714. The first kappa shape index (κ1) is 22.7. The predicted octanol–water partition coefficient (Wildman–Crippen LogP) is 0.585. The molecule has 0 aromatic rings. The monoisotopic (exact) mass is 380 g/mol. The van der Waals surface area contributed by atoms with Gasteiger partial charge in [-0.2, -0.15) is 0 Å². The lowest BCUT2D eigenvalue weighted by molar-refractivity contribution is -0.158. The number of imide groups is 1. The Morgan fingerprint density at radius 1 is 0.917 bits per heavy atom. The average Bonchev–Trinajstić information content (AvgIpc) is 2.49. The minimum Gasteiger partial charge on any atom is -0.465 e. The van der Waals surface area contributed by atoms with E-state index < -0.39 is 35.8 Å². The van der Waals surface area contributed by atoms with Gasteiger partial charge in [0.1, 0.15) is 12.1 Å². The van der Waals surface area contributed by atoms with Crippen molar-refractivity contribution in [2.24, 2.45) is 5.73 Å². The first-order valence-electron chi connectivity index (χ1n) is 7.39. The van der Waals surface area contributed by atoms with Crippen molar-refractivity contribution in [3.63, 3.8) is 0 Å². The van der Waals surface area contributed by atoms with Crippen molar-refractivity contribution in [3.05, 3.63) is 0 Å². The maximum atomic E-state index is 12.0. The summed E-state index contributed by atoms with van der Waals surface area (Å²) < 4.78 is 9.72. The Morgan fingerprint density at radius 2 is 1.38 bits per heavy atom. The molecular formula is C14H24N2O6S2. The van der Waals surface area contributed by atoms with Crippen LogP contribution < -0.4 is 5.73 Å². The Kier molecular flexibility index (Phi) is 11.5. The highest BCUT2D eigenvalue weighted by atomic mass is 33.1. The van der Waals surface area contributed by atoms with Crippen molar-refractivity contribution in [1.82, 2.24) is 4.90 Å². The van der Waals surface area contributed by atoms with E-state index in [1.54, 1.807) is 13.8 Å². The molecular weight excluding hydrogens is 356 g/mol. The second-order valence-corrected chi connectivity index (χ2v) is 7.16.